The van der Waals surface area contributed by atoms with E-state index in [0.717, 1.165) is 22.0 Å². The Morgan fingerprint density at radius 2 is 2.17 bits per heavy atom. The Kier molecular flexibility index (Phi) is 7.00. The number of aromatic nitrogens is 1. The summed E-state index contributed by atoms with van der Waals surface area (Å²) in [5, 5.41) is 8.84. The van der Waals surface area contributed by atoms with Crippen LogP contribution in [0.3, 0.4) is 0 Å². The number of carbonyl (C=O) groups excluding carboxylic acids is 1. The van der Waals surface area contributed by atoms with Crippen LogP contribution in [0, 0.1) is 14.9 Å². The molecule has 124 valence electrons. The molecule has 5 nitrogen and oxygen atoms in total. The van der Waals surface area contributed by atoms with Crippen molar-refractivity contribution >= 4 is 28.6 Å². The van der Waals surface area contributed by atoms with Gasteiger partial charge < -0.3 is 9.47 Å². The normalized spacial score (nSPS) is 10.0. The summed E-state index contributed by atoms with van der Waals surface area (Å²) in [4.78, 5) is 15.8. The Balaban J connectivity index is 1.90. The smallest absolute Gasteiger partial charge is 0.338 e. The first-order chi connectivity index (χ1) is 11.6. The monoisotopic (exact) mass is 436 g/mol. The van der Waals surface area contributed by atoms with Crippen molar-refractivity contribution in [1.82, 2.24) is 4.98 Å². The molecule has 0 saturated heterocycles. The molecule has 0 amide bonds. The van der Waals surface area contributed by atoms with E-state index < -0.39 is 0 Å². The van der Waals surface area contributed by atoms with E-state index in [1.54, 1.807) is 25.3 Å². The van der Waals surface area contributed by atoms with Gasteiger partial charge in [-0.2, -0.15) is 5.26 Å². The van der Waals surface area contributed by atoms with Crippen LogP contribution in [0.2, 0.25) is 0 Å². The largest absolute Gasteiger partial charge is 0.492 e. The minimum atomic E-state index is -0.300. The Labute approximate surface area is 154 Å². The van der Waals surface area contributed by atoms with Crippen LogP contribution in [-0.2, 0) is 11.2 Å². The number of nitrogens with zero attached hydrogens (tertiary/aromatic N) is 2. The van der Waals surface area contributed by atoms with E-state index in [1.807, 2.05) is 18.2 Å². The van der Waals surface area contributed by atoms with Crippen LogP contribution in [0.4, 0.5) is 0 Å². The third-order valence-electron chi connectivity index (χ3n) is 3.26. The average Bonchev–Trinajstić information content (AvgIpc) is 2.60. The van der Waals surface area contributed by atoms with Gasteiger partial charge in [-0.3, -0.25) is 4.98 Å². The fourth-order valence-electron chi connectivity index (χ4n) is 2.12. The minimum Gasteiger partial charge on any atom is -0.492 e. The topological polar surface area (TPSA) is 72.2 Å². The van der Waals surface area contributed by atoms with Crippen molar-refractivity contribution in [1.29, 1.82) is 5.26 Å². The van der Waals surface area contributed by atoms with Crippen LogP contribution in [-0.4, -0.2) is 24.2 Å². The van der Waals surface area contributed by atoms with Crippen molar-refractivity contribution in [2.75, 3.05) is 13.2 Å². The second-order valence-corrected chi connectivity index (χ2v) is 6.16. The number of carbonyl (C=O) groups is 1. The van der Waals surface area contributed by atoms with E-state index in [2.05, 4.69) is 27.6 Å². The number of hydrogen-bond acceptors (Lipinski definition) is 5. The van der Waals surface area contributed by atoms with Gasteiger partial charge in [-0.25, -0.2) is 4.79 Å². The van der Waals surface area contributed by atoms with Gasteiger partial charge in [0.15, 0.2) is 0 Å². The molecule has 2 aromatic rings. The summed E-state index contributed by atoms with van der Waals surface area (Å²) in [5.74, 6) is 0.287. The lowest BCUT2D eigenvalue weighted by atomic mass is 10.1. The summed E-state index contributed by atoms with van der Waals surface area (Å²) in [6.45, 7) is 2.67. The van der Waals surface area contributed by atoms with Crippen LogP contribution in [0.25, 0.3) is 0 Å². The molecule has 1 aromatic carbocycles. The van der Waals surface area contributed by atoms with Crippen molar-refractivity contribution in [2.24, 2.45) is 0 Å². The van der Waals surface area contributed by atoms with E-state index in [0.29, 0.717) is 30.1 Å². The summed E-state index contributed by atoms with van der Waals surface area (Å²) in [5.41, 5.74) is 2.14. The van der Waals surface area contributed by atoms with Crippen molar-refractivity contribution in [3.63, 3.8) is 0 Å². The number of rotatable bonds is 7. The highest BCUT2D eigenvalue weighted by molar-refractivity contribution is 14.1. The molecule has 6 heteroatoms. The second kappa shape index (κ2) is 9.23. The molecule has 2 rings (SSSR count). The fourth-order valence-corrected chi connectivity index (χ4v) is 2.72. The molecule has 24 heavy (non-hydrogen) atoms. The zero-order valence-corrected chi connectivity index (χ0v) is 15.4. The SMILES string of the molecule is CCOC(=O)c1ccc(I)c(CCCOc2cncc(C#N)c2)c1. The van der Waals surface area contributed by atoms with Gasteiger partial charge in [0.25, 0.3) is 0 Å². The Morgan fingerprint density at radius 3 is 2.92 bits per heavy atom. The maximum atomic E-state index is 11.8. The number of pyridine rings is 1. The van der Waals surface area contributed by atoms with Gasteiger partial charge in [0, 0.05) is 15.8 Å². The highest BCUT2D eigenvalue weighted by Crippen LogP contribution is 2.18. The Hall–Kier alpha value is -2.14. The van der Waals surface area contributed by atoms with Crippen LogP contribution < -0.4 is 4.74 Å². The molecule has 1 heterocycles. The van der Waals surface area contributed by atoms with Crippen LogP contribution in [0.15, 0.2) is 36.7 Å². The number of aryl methyl sites for hydroxylation is 1. The number of benzene rings is 1. The van der Waals surface area contributed by atoms with Gasteiger partial charge >= 0.3 is 5.97 Å². The lowest BCUT2D eigenvalue weighted by Crippen LogP contribution is -2.06. The van der Waals surface area contributed by atoms with Crippen LogP contribution >= 0.6 is 22.6 Å². The third kappa shape index (κ3) is 5.20. The van der Waals surface area contributed by atoms with E-state index >= 15 is 0 Å². The van der Waals surface area contributed by atoms with Gasteiger partial charge in [0.05, 0.1) is 30.5 Å². The molecular weight excluding hydrogens is 419 g/mol. The highest BCUT2D eigenvalue weighted by atomic mass is 127. The number of halogens is 1. The van der Waals surface area contributed by atoms with Gasteiger partial charge in [0.2, 0.25) is 0 Å². The molecule has 0 aliphatic rings. The van der Waals surface area contributed by atoms with Crippen molar-refractivity contribution in [2.45, 2.75) is 19.8 Å². The van der Waals surface area contributed by atoms with Gasteiger partial charge in [-0.05, 0) is 66.1 Å². The molecule has 0 saturated carbocycles. The summed E-state index contributed by atoms with van der Waals surface area (Å²) in [7, 11) is 0. The van der Waals surface area contributed by atoms with Gasteiger partial charge in [-0.1, -0.05) is 0 Å². The van der Waals surface area contributed by atoms with E-state index in [-0.39, 0.29) is 5.97 Å². The maximum absolute atomic E-state index is 11.8. The standard InChI is InChI=1S/C18H17IN2O3/c1-2-23-18(22)15-5-6-17(19)14(9-15)4-3-7-24-16-8-13(10-20)11-21-12-16/h5-6,8-9,11-12H,2-4,7H2,1H3. The molecule has 0 fully saturated rings. The van der Waals surface area contributed by atoms with Gasteiger partial charge in [0.1, 0.15) is 11.8 Å². The van der Waals surface area contributed by atoms with Gasteiger partial charge in [-0.15, -0.1) is 0 Å². The summed E-state index contributed by atoms with van der Waals surface area (Å²) >= 11 is 2.26. The number of hydrogen-bond donors (Lipinski definition) is 0. The first-order valence-electron chi connectivity index (χ1n) is 7.57. The molecule has 0 spiro atoms. The summed E-state index contributed by atoms with van der Waals surface area (Å²) in [6.07, 6.45) is 4.66. The van der Waals surface area contributed by atoms with Crippen molar-refractivity contribution in [3.05, 3.63) is 56.9 Å². The predicted octanol–water partition coefficient (Wildman–Crippen LogP) is 3.75. The zero-order valence-electron chi connectivity index (χ0n) is 13.3. The van der Waals surface area contributed by atoms with Crippen molar-refractivity contribution < 1.29 is 14.3 Å². The van der Waals surface area contributed by atoms with E-state index in [9.17, 15) is 4.79 Å². The van der Waals surface area contributed by atoms with Crippen LogP contribution in [0.5, 0.6) is 5.75 Å². The number of ether oxygens (including phenoxy) is 2. The Morgan fingerprint density at radius 1 is 1.33 bits per heavy atom. The molecule has 1 aromatic heterocycles. The molecule has 0 unspecified atom stereocenters. The molecular formula is C18H17IN2O3. The number of nitriles is 1. The zero-order chi connectivity index (χ0) is 17.4. The second-order valence-electron chi connectivity index (χ2n) is 5.00. The van der Waals surface area contributed by atoms with Crippen molar-refractivity contribution in [3.8, 4) is 11.8 Å². The molecule has 0 N–H and O–H groups in total. The molecule has 0 aliphatic heterocycles. The molecule has 0 atom stereocenters. The third-order valence-corrected chi connectivity index (χ3v) is 4.31. The first-order valence-corrected chi connectivity index (χ1v) is 8.65. The Bertz CT molecular complexity index is 756. The molecule has 0 aliphatic carbocycles. The molecule has 0 radical (unpaired) electrons. The quantitative estimate of drug-likeness (QED) is 0.376. The predicted molar refractivity (Wildman–Crippen MR) is 97.9 cm³/mol. The van der Waals surface area contributed by atoms with E-state index in [4.69, 9.17) is 14.7 Å². The lowest BCUT2D eigenvalue weighted by Gasteiger charge is -2.09. The lowest BCUT2D eigenvalue weighted by molar-refractivity contribution is 0.0526. The first kappa shape index (κ1) is 18.2. The summed E-state index contributed by atoms with van der Waals surface area (Å²) in [6, 6.07) is 9.26. The number of esters is 1. The van der Waals surface area contributed by atoms with Crippen LogP contribution in [0.1, 0.15) is 34.8 Å². The average molecular weight is 436 g/mol. The fraction of sp³-hybridized carbons (Fsp3) is 0.278. The van der Waals surface area contributed by atoms with E-state index in [1.165, 1.54) is 6.20 Å². The maximum Gasteiger partial charge on any atom is 0.338 e. The molecule has 0 bridgehead atoms. The summed E-state index contributed by atoms with van der Waals surface area (Å²) < 4.78 is 11.8. The minimum absolute atomic E-state index is 0.300. The highest BCUT2D eigenvalue weighted by Gasteiger charge is 2.09.